The molecule has 0 saturated carbocycles. The summed E-state index contributed by atoms with van der Waals surface area (Å²) >= 11 is 0. The minimum Gasteiger partial charge on any atom is -0.353 e. The molecule has 7 heteroatoms. The van der Waals surface area contributed by atoms with Crippen molar-refractivity contribution < 1.29 is 13.2 Å². The zero-order valence-electron chi connectivity index (χ0n) is 10.5. The van der Waals surface area contributed by atoms with E-state index in [-0.39, 0.29) is 18.5 Å². The Labute approximate surface area is 97.8 Å². The molecule has 6 nitrogen and oxygen atoms in total. The third-order valence-corrected chi connectivity index (χ3v) is 4.08. The summed E-state index contributed by atoms with van der Waals surface area (Å²) in [5.41, 5.74) is 0. The number of hydrogen-bond acceptors (Lipinski definition) is 3. The van der Waals surface area contributed by atoms with Crippen molar-refractivity contribution in [2.45, 2.75) is 26.3 Å². The molecule has 0 spiro atoms. The molecule has 0 aliphatic heterocycles. The molecule has 0 aromatic rings. The molecule has 0 aliphatic rings. The van der Waals surface area contributed by atoms with Crippen molar-refractivity contribution in [3.05, 3.63) is 0 Å². The number of carbonyl (C=O) groups excluding carboxylic acids is 1. The van der Waals surface area contributed by atoms with E-state index >= 15 is 0 Å². The van der Waals surface area contributed by atoms with Gasteiger partial charge in [-0.25, -0.2) is 0 Å². The topological polar surface area (TPSA) is 69.7 Å². The number of amides is 1. The summed E-state index contributed by atoms with van der Waals surface area (Å²) in [6.07, 6.45) is 0.815. The summed E-state index contributed by atoms with van der Waals surface area (Å²) in [5.74, 6) is -0.290. The predicted octanol–water partition coefficient (Wildman–Crippen LogP) is -0.361. The van der Waals surface area contributed by atoms with Crippen LogP contribution in [0.3, 0.4) is 0 Å². The van der Waals surface area contributed by atoms with Gasteiger partial charge in [0.1, 0.15) is 0 Å². The van der Waals surface area contributed by atoms with Crippen LogP contribution in [0.5, 0.6) is 0 Å². The fourth-order valence-electron chi connectivity index (χ4n) is 0.985. The summed E-state index contributed by atoms with van der Waals surface area (Å²) in [6, 6.07) is 0.0583. The summed E-state index contributed by atoms with van der Waals surface area (Å²) in [6.45, 7) is 3.66. The van der Waals surface area contributed by atoms with E-state index in [1.54, 1.807) is 0 Å². The van der Waals surface area contributed by atoms with Gasteiger partial charge in [0, 0.05) is 27.2 Å². The average molecular weight is 251 g/mol. The highest BCUT2D eigenvalue weighted by molar-refractivity contribution is 7.86. The minimum atomic E-state index is -3.51. The van der Waals surface area contributed by atoms with Crippen LogP contribution in [0.1, 0.15) is 20.3 Å². The SMILES string of the molecule is CC[C@@H](C)NC(=O)CN(C)S(=O)(=O)N(C)C. The van der Waals surface area contributed by atoms with E-state index in [0.29, 0.717) is 0 Å². The van der Waals surface area contributed by atoms with Crippen LogP contribution in [-0.2, 0) is 15.0 Å². The molecule has 0 bridgehead atoms. The van der Waals surface area contributed by atoms with Gasteiger partial charge in [-0.05, 0) is 13.3 Å². The van der Waals surface area contributed by atoms with Crippen molar-refractivity contribution in [1.82, 2.24) is 13.9 Å². The Morgan fingerprint density at radius 1 is 1.31 bits per heavy atom. The van der Waals surface area contributed by atoms with Gasteiger partial charge in [0.2, 0.25) is 5.91 Å². The molecule has 0 aromatic heterocycles. The molecule has 0 radical (unpaired) electrons. The first-order chi connectivity index (χ1) is 7.21. The number of likely N-dealkylation sites (N-methyl/N-ethyl adjacent to an activating group) is 1. The third-order valence-electron chi connectivity index (χ3n) is 2.24. The Morgan fingerprint density at radius 2 is 1.81 bits per heavy atom. The lowest BCUT2D eigenvalue weighted by atomic mass is 10.2. The van der Waals surface area contributed by atoms with E-state index in [9.17, 15) is 13.2 Å². The van der Waals surface area contributed by atoms with Gasteiger partial charge in [-0.15, -0.1) is 0 Å². The van der Waals surface area contributed by atoms with Gasteiger partial charge in [-0.3, -0.25) is 4.79 Å². The van der Waals surface area contributed by atoms with Crippen LogP contribution in [0, 0.1) is 0 Å². The molecular formula is C9H21N3O3S. The Kier molecular flexibility index (Phi) is 5.91. The first-order valence-corrected chi connectivity index (χ1v) is 6.54. The quantitative estimate of drug-likeness (QED) is 0.701. The van der Waals surface area contributed by atoms with Crippen LogP contribution < -0.4 is 5.32 Å². The first-order valence-electron chi connectivity index (χ1n) is 5.15. The molecule has 1 N–H and O–H groups in total. The maximum atomic E-state index is 11.6. The van der Waals surface area contributed by atoms with Crippen LogP contribution in [-0.4, -0.2) is 56.7 Å². The van der Waals surface area contributed by atoms with E-state index < -0.39 is 10.2 Å². The maximum absolute atomic E-state index is 11.6. The second-order valence-electron chi connectivity index (χ2n) is 3.92. The molecule has 0 saturated heterocycles. The number of hydrogen-bond donors (Lipinski definition) is 1. The van der Waals surface area contributed by atoms with Crippen LogP contribution >= 0.6 is 0 Å². The van der Waals surface area contributed by atoms with Gasteiger partial charge >= 0.3 is 0 Å². The van der Waals surface area contributed by atoms with Crippen molar-refractivity contribution in [2.75, 3.05) is 27.7 Å². The molecule has 1 atom stereocenters. The monoisotopic (exact) mass is 251 g/mol. The molecule has 96 valence electrons. The Balaban J connectivity index is 4.36. The lowest BCUT2D eigenvalue weighted by Gasteiger charge is -2.21. The van der Waals surface area contributed by atoms with E-state index in [1.807, 2.05) is 13.8 Å². The normalized spacial score (nSPS) is 14.2. The number of nitrogens with zero attached hydrogens (tertiary/aromatic N) is 2. The summed E-state index contributed by atoms with van der Waals surface area (Å²) in [5, 5.41) is 2.71. The smallest absolute Gasteiger partial charge is 0.281 e. The molecule has 1 amide bonds. The molecule has 0 aliphatic carbocycles. The van der Waals surface area contributed by atoms with E-state index in [4.69, 9.17) is 0 Å². The fraction of sp³-hybridized carbons (Fsp3) is 0.889. The highest BCUT2D eigenvalue weighted by Gasteiger charge is 2.22. The van der Waals surface area contributed by atoms with Crippen LogP contribution in [0.2, 0.25) is 0 Å². The van der Waals surface area contributed by atoms with Crippen LogP contribution in [0.25, 0.3) is 0 Å². The van der Waals surface area contributed by atoms with Gasteiger partial charge in [-0.1, -0.05) is 6.92 Å². The average Bonchev–Trinajstić information content (AvgIpc) is 2.16. The molecular weight excluding hydrogens is 230 g/mol. The van der Waals surface area contributed by atoms with Crippen molar-refractivity contribution in [3.63, 3.8) is 0 Å². The largest absolute Gasteiger partial charge is 0.353 e. The molecule has 0 aromatic carbocycles. The lowest BCUT2D eigenvalue weighted by molar-refractivity contribution is -0.121. The van der Waals surface area contributed by atoms with Gasteiger partial charge in [-0.2, -0.15) is 17.0 Å². The molecule has 0 rings (SSSR count). The van der Waals surface area contributed by atoms with E-state index in [0.717, 1.165) is 15.0 Å². The third kappa shape index (κ3) is 4.46. The highest BCUT2D eigenvalue weighted by Crippen LogP contribution is 2.00. The summed E-state index contributed by atoms with van der Waals surface area (Å²) in [4.78, 5) is 11.5. The highest BCUT2D eigenvalue weighted by atomic mass is 32.2. The van der Waals surface area contributed by atoms with Crippen molar-refractivity contribution in [3.8, 4) is 0 Å². The summed E-state index contributed by atoms with van der Waals surface area (Å²) < 4.78 is 25.3. The Morgan fingerprint density at radius 3 is 2.19 bits per heavy atom. The van der Waals surface area contributed by atoms with Crippen LogP contribution in [0.15, 0.2) is 0 Å². The minimum absolute atomic E-state index is 0.0583. The van der Waals surface area contributed by atoms with E-state index in [2.05, 4.69) is 5.32 Å². The van der Waals surface area contributed by atoms with Gasteiger partial charge in [0.25, 0.3) is 10.2 Å². The zero-order chi connectivity index (χ0) is 12.9. The standard InChI is InChI=1S/C9H21N3O3S/c1-6-8(2)10-9(13)7-12(5)16(14,15)11(3)4/h8H,6-7H2,1-5H3,(H,10,13)/t8-/m1/s1. The van der Waals surface area contributed by atoms with Gasteiger partial charge in [0.15, 0.2) is 0 Å². The molecule has 0 heterocycles. The van der Waals surface area contributed by atoms with Gasteiger partial charge < -0.3 is 5.32 Å². The van der Waals surface area contributed by atoms with Crippen molar-refractivity contribution >= 4 is 16.1 Å². The fourth-order valence-corrected chi connectivity index (χ4v) is 1.82. The molecule has 16 heavy (non-hydrogen) atoms. The Bertz CT molecular complexity index is 327. The maximum Gasteiger partial charge on any atom is 0.281 e. The summed E-state index contributed by atoms with van der Waals surface area (Å²) in [7, 11) is 0.730. The van der Waals surface area contributed by atoms with Crippen molar-refractivity contribution in [2.24, 2.45) is 0 Å². The zero-order valence-corrected chi connectivity index (χ0v) is 11.3. The number of rotatable bonds is 6. The molecule has 0 unspecified atom stereocenters. The molecule has 0 fully saturated rings. The van der Waals surface area contributed by atoms with E-state index in [1.165, 1.54) is 21.1 Å². The van der Waals surface area contributed by atoms with Gasteiger partial charge in [0.05, 0.1) is 6.54 Å². The van der Waals surface area contributed by atoms with Crippen molar-refractivity contribution in [1.29, 1.82) is 0 Å². The Hall–Kier alpha value is -0.660. The lowest BCUT2D eigenvalue weighted by Crippen LogP contribution is -2.45. The first kappa shape index (κ1) is 15.3. The second kappa shape index (κ2) is 6.17. The second-order valence-corrected chi connectivity index (χ2v) is 6.17. The predicted molar refractivity (Wildman–Crippen MR) is 63.1 cm³/mol. The van der Waals surface area contributed by atoms with Crippen LogP contribution in [0.4, 0.5) is 0 Å². The number of carbonyl (C=O) groups is 1. The number of nitrogens with one attached hydrogen (secondary N) is 1.